The predicted octanol–water partition coefficient (Wildman–Crippen LogP) is 2.18. The highest BCUT2D eigenvalue weighted by Gasteiger charge is 2.41. The second-order valence-electron chi connectivity index (χ2n) is 6.11. The molecule has 0 aromatic carbocycles. The lowest BCUT2D eigenvalue weighted by molar-refractivity contribution is -0.140. The molecule has 0 aliphatic heterocycles. The minimum Gasteiger partial charge on any atom is -0.481 e. The third kappa shape index (κ3) is 4.33. The van der Waals surface area contributed by atoms with Crippen molar-refractivity contribution < 1.29 is 19.4 Å². The molecule has 1 atom stereocenters. The van der Waals surface area contributed by atoms with E-state index in [-0.39, 0.29) is 18.5 Å². The van der Waals surface area contributed by atoms with E-state index in [9.17, 15) is 14.7 Å². The van der Waals surface area contributed by atoms with E-state index in [0.717, 1.165) is 32.1 Å². The number of hydrogen-bond acceptors (Lipinski definition) is 3. The van der Waals surface area contributed by atoms with Crippen molar-refractivity contribution in [2.24, 2.45) is 0 Å². The van der Waals surface area contributed by atoms with E-state index < -0.39 is 11.5 Å². The van der Waals surface area contributed by atoms with E-state index in [0.29, 0.717) is 6.61 Å². The molecule has 1 rings (SSSR count). The zero-order valence-electron chi connectivity index (χ0n) is 13.6. The summed E-state index contributed by atoms with van der Waals surface area (Å²) in [4.78, 5) is 27.2. The molecule has 122 valence electrons. The zero-order chi connectivity index (χ0) is 16.0. The number of likely N-dealkylation sites (N-methyl/N-ethyl adjacent to an activating group) is 1. The lowest BCUT2D eigenvalue weighted by Crippen LogP contribution is -2.57. The first-order chi connectivity index (χ1) is 9.84. The molecule has 1 fully saturated rings. The lowest BCUT2D eigenvalue weighted by atomic mass is 9.78. The summed E-state index contributed by atoms with van der Waals surface area (Å²) in [6, 6.07) is -0.182. The van der Waals surface area contributed by atoms with Gasteiger partial charge in [0, 0.05) is 21.2 Å². The number of amides is 2. The molecule has 1 aliphatic carbocycles. The highest BCUT2D eigenvalue weighted by Crippen LogP contribution is 2.36. The fraction of sp³-hybridized carbons (Fsp3) is 0.867. The molecule has 0 radical (unpaired) electrons. The number of carbonyl (C=O) groups is 2. The standard InChI is InChI=1S/C15H28N2O4/c1-12(11-21-4)16(2)14(20)17(3)15(10-13(18)19)8-6-5-7-9-15/h12H,5-11H2,1-4H3,(H,18,19). The van der Waals surface area contributed by atoms with Gasteiger partial charge in [0.2, 0.25) is 0 Å². The Hall–Kier alpha value is -1.30. The van der Waals surface area contributed by atoms with Crippen LogP contribution >= 0.6 is 0 Å². The predicted molar refractivity (Wildman–Crippen MR) is 80.3 cm³/mol. The summed E-state index contributed by atoms with van der Waals surface area (Å²) in [7, 11) is 5.07. The Bertz CT molecular complexity index is 367. The van der Waals surface area contributed by atoms with Crippen molar-refractivity contribution in [3.05, 3.63) is 0 Å². The molecule has 1 aliphatic rings. The summed E-state index contributed by atoms with van der Waals surface area (Å²) in [6.45, 7) is 2.38. The van der Waals surface area contributed by atoms with E-state index in [4.69, 9.17) is 4.74 Å². The van der Waals surface area contributed by atoms with E-state index in [1.54, 1.807) is 31.0 Å². The third-order valence-corrected chi connectivity index (χ3v) is 4.63. The van der Waals surface area contributed by atoms with Gasteiger partial charge in [0.1, 0.15) is 0 Å². The number of rotatable bonds is 6. The molecule has 0 aromatic heterocycles. The fourth-order valence-electron chi connectivity index (χ4n) is 3.10. The molecule has 6 nitrogen and oxygen atoms in total. The van der Waals surface area contributed by atoms with Crippen LogP contribution in [0.2, 0.25) is 0 Å². The summed E-state index contributed by atoms with van der Waals surface area (Å²) >= 11 is 0. The zero-order valence-corrected chi connectivity index (χ0v) is 13.6. The van der Waals surface area contributed by atoms with Crippen molar-refractivity contribution in [2.75, 3.05) is 27.8 Å². The summed E-state index contributed by atoms with van der Waals surface area (Å²) in [6.07, 6.45) is 4.59. The van der Waals surface area contributed by atoms with Crippen LogP contribution < -0.4 is 0 Å². The molecule has 0 spiro atoms. The number of ether oxygens (including phenoxy) is 1. The Labute approximate surface area is 127 Å². The Kier molecular flexibility index (Phi) is 6.45. The SMILES string of the molecule is COCC(C)N(C)C(=O)N(C)C1(CC(=O)O)CCCCC1. The summed E-state index contributed by atoms with van der Waals surface area (Å²) < 4.78 is 5.08. The van der Waals surface area contributed by atoms with Gasteiger partial charge in [0.25, 0.3) is 0 Å². The minimum absolute atomic E-state index is 0.0156. The number of nitrogens with zero attached hydrogens (tertiary/aromatic N) is 2. The van der Waals surface area contributed by atoms with Crippen LogP contribution in [0, 0.1) is 0 Å². The minimum atomic E-state index is -0.843. The van der Waals surface area contributed by atoms with Gasteiger partial charge < -0.3 is 19.6 Å². The van der Waals surface area contributed by atoms with Crippen LogP contribution in [0.4, 0.5) is 4.79 Å². The first-order valence-corrected chi connectivity index (χ1v) is 7.55. The van der Waals surface area contributed by atoms with Gasteiger partial charge in [-0.05, 0) is 19.8 Å². The van der Waals surface area contributed by atoms with Crippen LogP contribution in [0.5, 0.6) is 0 Å². The van der Waals surface area contributed by atoms with E-state index in [1.807, 2.05) is 6.92 Å². The molecule has 0 bridgehead atoms. The van der Waals surface area contributed by atoms with Gasteiger partial charge in [-0.1, -0.05) is 19.3 Å². The van der Waals surface area contributed by atoms with Crippen LogP contribution in [0.3, 0.4) is 0 Å². The van der Waals surface area contributed by atoms with Gasteiger partial charge in [-0.25, -0.2) is 4.79 Å². The van der Waals surface area contributed by atoms with Crippen molar-refractivity contribution >= 4 is 12.0 Å². The maximum absolute atomic E-state index is 12.6. The average molecular weight is 300 g/mol. The largest absolute Gasteiger partial charge is 0.481 e. The van der Waals surface area contributed by atoms with E-state index >= 15 is 0 Å². The quantitative estimate of drug-likeness (QED) is 0.816. The third-order valence-electron chi connectivity index (χ3n) is 4.63. The molecular formula is C15H28N2O4. The number of hydrogen-bond donors (Lipinski definition) is 1. The van der Waals surface area contributed by atoms with Crippen LogP contribution in [0.15, 0.2) is 0 Å². The Balaban J connectivity index is 2.86. The number of carboxylic acids is 1. The van der Waals surface area contributed by atoms with Gasteiger partial charge in [-0.15, -0.1) is 0 Å². The molecule has 0 heterocycles. The van der Waals surface area contributed by atoms with E-state index in [1.165, 1.54) is 0 Å². The molecule has 1 N–H and O–H groups in total. The lowest BCUT2D eigenvalue weighted by Gasteiger charge is -2.45. The van der Waals surface area contributed by atoms with Crippen molar-refractivity contribution in [2.45, 2.75) is 57.0 Å². The molecule has 0 saturated heterocycles. The molecule has 21 heavy (non-hydrogen) atoms. The Morgan fingerprint density at radius 3 is 2.29 bits per heavy atom. The molecule has 6 heteroatoms. The smallest absolute Gasteiger partial charge is 0.320 e. The van der Waals surface area contributed by atoms with Crippen LogP contribution in [-0.4, -0.2) is 66.3 Å². The normalized spacial score (nSPS) is 18.9. The highest BCUT2D eigenvalue weighted by atomic mass is 16.5. The second kappa shape index (κ2) is 7.64. The van der Waals surface area contributed by atoms with Gasteiger partial charge >= 0.3 is 12.0 Å². The van der Waals surface area contributed by atoms with Crippen molar-refractivity contribution in [3.8, 4) is 0 Å². The maximum Gasteiger partial charge on any atom is 0.320 e. The van der Waals surface area contributed by atoms with Crippen molar-refractivity contribution in [1.29, 1.82) is 0 Å². The van der Waals surface area contributed by atoms with Gasteiger partial charge in [0.05, 0.1) is 24.6 Å². The van der Waals surface area contributed by atoms with Crippen molar-refractivity contribution in [1.82, 2.24) is 9.80 Å². The average Bonchev–Trinajstić information content (AvgIpc) is 2.45. The Morgan fingerprint density at radius 1 is 1.24 bits per heavy atom. The number of carboxylic acid groups (broad SMARTS) is 1. The summed E-state index contributed by atoms with van der Waals surface area (Å²) in [5.74, 6) is -0.843. The number of methoxy groups -OCH3 is 1. The maximum atomic E-state index is 12.6. The monoisotopic (exact) mass is 300 g/mol. The van der Waals surface area contributed by atoms with Crippen LogP contribution in [0.1, 0.15) is 45.4 Å². The molecular weight excluding hydrogens is 272 g/mol. The number of aliphatic carboxylic acids is 1. The molecule has 2 amide bonds. The van der Waals surface area contributed by atoms with E-state index in [2.05, 4.69) is 0 Å². The molecule has 1 unspecified atom stereocenters. The summed E-state index contributed by atoms with van der Waals surface area (Å²) in [5.41, 5.74) is -0.553. The second-order valence-corrected chi connectivity index (χ2v) is 6.11. The molecule has 1 saturated carbocycles. The first-order valence-electron chi connectivity index (χ1n) is 7.55. The summed E-state index contributed by atoms with van der Waals surface area (Å²) in [5, 5.41) is 9.22. The Morgan fingerprint density at radius 2 is 1.81 bits per heavy atom. The van der Waals surface area contributed by atoms with Gasteiger partial charge in [0.15, 0.2) is 0 Å². The highest BCUT2D eigenvalue weighted by molar-refractivity contribution is 5.77. The van der Waals surface area contributed by atoms with Crippen LogP contribution in [-0.2, 0) is 9.53 Å². The van der Waals surface area contributed by atoms with Gasteiger partial charge in [-0.3, -0.25) is 4.79 Å². The number of carbonyl (C=O) groups excluding carboxylic acids is 1. The van der Waals surface area contributed by atoms with Gasteiger partial charge in [-0.2, -0.15) is 0 Å². The number of urea groups is 1. The topological polar surface area (TPSA) is 70.1 Å². The molecule has 0 aromatic rings. The first kappa shape index (κ1) is 17.8. The van der Waals surface area contributed by atoms with Crippen LogP contribution in [0.25, 0.3) is 0 Å². The fourth-order valence-corrected chi connectivity index (χ4v) is 3.10. The van der Waals surface area contributed by atoms with Crippen molar-refractivity contribution in [3.63, 3.8) is 0 Å².